The Morgan fingerprint density at radius 2 is 2.21 bits per heavy atom. The van der Waals surface area contributed by atoms with E-state index in [-0.39, 0.29) is 5.54 Å². The van der Waals surface area contributed by atoms with Crippen molar-refractivity contribution in [1.82, 2.24) is 5.16 Å². The van der Waals surface area contributed by atoms with E-state index in [4.69, 9.17) is 10.3 Å². The molecule has 14 heavy (non-hydrogen) atoms. The molecule has 1 fully saturated rings. The number of aromatic nitrogens is 1. The van der Waals surface area contributed by atoms with Gasteiger partial charge in [-0.1, -0.05) is 17.3 Å². The molecule has 0 radical (unpaired) electrons. The summed E-state index contributed by atoms with van der Waals surface area (Å²) in [7, 11) is 0. The highest BCUT2D eigenvalue weighted by molar-refractivity contribution is 5.84. The maximum atomic E-state index is 6.09. The second-order valence-corrected chi connectivity index (χ2v) is 4.14. The van der Waals surface area contributed by atoms with Crippen LogP contribution in [0.4, 0.5) is 0 Å². The van der Waals surface area contributed by atoms with Gasteiger partial charge in [0.1, 0.15) is 5.52 Å². The standard InChI is InChI=1S/C11H12N2O/c1-7-3-2-4-8-9(7)13-14-10(8)11(12)5-6-11/h2-4H,5-6,12H2,1H3. The van der Waals surface area contributed by atoms with E-state index in [2.05, 4.69) is 5.16 Å². The number of nitrogens with zero attached hydrogens (tertiary/aromatic N) is 1. The van der Waals surface area contributed by atoms with E-state index in [9.17, 15) is 0 Å². The van der Waals surface area contributed by atoms with E-state index in [1.165, 1.54) is 0 Å². The van der Waals surface area contributed by atoms with Crippen molar-refractivity contribution in [3.05, 3.63) is 29.5 Å². The van der Waals surface area contributed by atoms with Crippen molar-refractivity contribution >= 4 is 10.9 Å². The van der Waals surface area contributed by atoms with Crippen LogP contribution in [0, 0.1) is 6.92 Å². The van der Waals surface area contributed by atoms with Crippen molar-refractivity contribution in [2.75, 3.05) is 0 Å². The number of hydrogen-bond acceptors (Lipinski definition) is 3. The Morgan fingerprint density at radius 1 is 1.43 bits per heavy atom. The van der Waals surface area contributed by atoms with E-state index < -0.39 is 0 Å². The molecule has 0 unspecified atom stereocenters. The first-order chi connectivity index (χ1) is 6.71. The molecule has 0 bridgehead atoms. The Kier molecular flexibility index (Phi) is 1.35. The first-order valence-electron chi connectivity index (χ1n) is 4.85. The normalized spacial score (nSPS) is 18.7. The fourth-order valence-corrected chi connectivity index (χ4v) is 1.82. The van der Waals surface area contributed by atoms with Gasteiger partial charge in [0.2, 0.25) is 0 Å². The van der Waals surface area contributed by atoms with Crippen LogP contribution in [0.5, 0.6) is 0 Å². The summed E-state index contributed by atoms with van der Waals surface area (Å²) in [5, 5.41) is 5.14. The molecular weight excluding hydrogens is 176 g/mol. The van der Waals surface area contributed by atoms with Crippen molar-refractivity contribution in [2.45, 2.75) is 25.3 Å². The number of rotatable bonds is 1. The minimum Gasteiger partial charge on any atom is -0.358 e. The van der Waals surface area contributed by atoms with Gasteiger partial charge in [0.05, 0.1) is 5.54 Å². The minimum absolute atomic E-state index is 0.234. The van der Waals surface area contributed by atoms with Crippen molar-refractivity contribution in [1.29, 1.82) is 0 Å². The lowest BCUT2D eigenvalue weighted by Gasteiger charge is -2.02. The fourth-order valence-electron chi connectivity index (χ4n) is 1.82. The molecule has 3 rings (SSSR count). The molecular formula is C11H12N2O. The van der Waals surface area contributed by atoms with Gasteiger partial charge in [0.15, 0.2) is 5.76 Å². The van der Waals surface area contributed by atoms with Gasteiger partial charge in [0, 0.05) is 5.39 Å². The molecule has 2 aromatic rings. The molecule has 72 valence electrons. The van der Waals surface area contributed by atoms with Crippen LogP contribution in [0.3, 0.4) is 0 Å². The largest absolute Gasteiger partial charge is 0.358 e. The number of fused-ring (bicyclic) bond motifs is 1. The van der Waals surface area contributed by atoms with Gasteiger partial charge in [0.25, 0.3) is 0 Å². The monoisotopic (exact) mass is 188 g/mol. The van der Waals surface area contributed by atoms with Crippen LogP contribution >= 0.6 is 0 Å². The molecule has 0 spiro atoms. The van der Waals surface area contributed by atoms with E-state index in [0.717, 1.165) is 35.1 Å². The van der Waals surface area contributed by atoms with Gasteiger partial charge in [-0.25, -0.2) is 0 Å². The highest BCUT2D eigenvalue weighted by Crippen LogP contribution is 2.45. The summed E-state index contributed by atoms with van der Waals surface area (Å²) in [6, 6.07) is 6.08. The molecule has 2 N–H and O–H groups in total. The number of nitrogens with two attached hydrogens (primary N) is 1. The van der Waals surface area contributed by atoms with Crippen LogP contribution in [0.2, 0.25) is 0 Å². The van der Waals surface area contributed by atoms with Gasteiger partial charge < -0.3 is 10.3 Å². The summed E-state index contributed by atoms with van der Waals surface area (Å²) < 4.78 is 5.35. The van der Waals surface area contributed by atoms with Crippen LogP contribution < -0.4 is 5.73 Å². The molecule has 0 atom stereocenters. The van der Waals surface area contributed by atoms with Gasteiger partial charge in [-0.3, -0.25) is 0 Å². The smallest absolute Gasteiger partial charge is 0.164 e. The first-order valence-corrected chi connectivity index (χ1v) is 4.85. The fraction of sp³-hybridized carbons (Fsp3) is 0.364. The predicted octanol–water partition coefficient (Wildman–Crippen LogP) is 2.08. The molecule has 1 aliphatic carbocycles. The molecule has 0 saturated heterocycles. The number of hydrogen-bond donors (Lipinski definition) is 1. The third-order valence-corrected chi connectivity index (χ3v) is 2.95. The van der Waals surface area contributed by atoms with Crippen molar-refractivity contribution in [3.63, 3.8) is 0 Å². The topological polar surface area (TPSA) is 52.0 Å². The van der Waals surface area contributed by atoms with E-state index >= 15 is 0 Å². The summed E-state index contributed by atoms with van der Waals surface area (Å²) in [6.07, 6.45) is 2.01. The maximum Gasteiger partial charge on any atom is 0.164 e. The quantitative estimate of drug-likeness (QED) is 0.745. The zero-order valence-corrected chi connectivity index (χ0v) is 8.08. The zero-order chi connectivity index (χ0) is 9.76. The Balaban J connectivity index is 2.32. The minimum atomic E-state index is -0.234. The average molecular weight is 188 g/mol. The Hall–Kier alpha value is -1.35. The van der Waals surface area contributed by atoms with Crippen LogP contribution in [0.1, 0.15) is 24.2 Å². The predicted molar refractivity (Wildman–Crippen MR) is 53.8 cm³/mol. The lowest BCUT2D eigenvalue weighted by molar-refractivity contribution is 0.362. The molecule has 0 aliphatic heterocycles. The molecule has 1 aromatic carbocycles. The molecule has 3 nitrogen and oxygen atoms in total. The lowest BCUT2D eigenvalue weighted by atomic mass is 10.1. The highest BCUT2D eigenvalue weighted by Gasteiger charge is 2.45. The highest BCUT2D eigenvalue weighted by atomic mass is 16.5. The SMILES string of the molecule is Cc1cccc2c(C3(N)CC3)onc12. The summed E-state index contributed by atoms with van der Waals surface area (Å²) >= 11 is 0. The van der Waals surface area contributed by atoms with E-state index in [0.29, 0.717) is 0 Å². The maximum absolute atomic E-state index is 6.09. The van der Waals surface area contributed by atoms with Gasteiger partial charge >= 0.3 is 0 Å². The summed E-state index contributed by atoms with van der Waals surface area (Å²) in [5.41, 5.74) is 7.95. The summed E-state index contributed by atoms with van der Waals surface area (Å²) in [6.45, 7) is 2.03. The Bertz CT molecular complexity index is 497. The third kappa shape index (κ3) is 0.930. The molecule has 3 heteroatoms. The van der Waals surface area contributed by atoms with Gasteiger partial charge in [-0.05, 0) is 31.4 Å². The molecule has 1 heterocycles. The van der Waals surface area contributed by atoms with Crippen LogP contribution in [0.15, 0.2) is 22.7 Å². The Morgan fingerprint density at radius 3 is 2.93 bits per heavy atom. The third-order valence-electron chi connectivity index (χ3n) is 2.95. The zero-order valence-electron chi connectivity index (χ0n) is 8.08. The van der Waals surface area contributed by atoms with E-state index in [1.54, 1.807) is 0 Å². The van der Waals surface area contributed by atoms with Gasteiger partial charge in [-0.15, -0.1) is 0 Å². The van der Waals surface area contributed by atoms with Crippen LogP contribution in [-0.2, 0) is 5.54 Å². The second-order valence-electron chi connectivity index (χ2n) is 4.14. The second kappa shape index (κ2) is 2.36. The first kappa shape index (κ1) is 8.00. The molecule has 1 saturated carbocycles. The lowest BCUT2D eigenvalue weighted by Crippen LogP contribution is -2.17. The molecule has 0 amide bonds. The van der Waals surface area contributed by atoms with Crippen molar-refractivity contribution in [3.8, 4) is 0 Å². The van der Waals surface area contributed by atoms with Crippen molar-refractivity contribution < 1.29 is 4.52 Å². The summed E-state index contributed by atoms with van der Waals surface area (Å²) in [5.74, 6) is 0.858. The Labute approximate surface area is 81.9 Å². The average Bonchev–Trinajstić information content (AvgIpc) is 2.77. The van der Waals surface area contributed by atoms with Gasteiger partial charge in [-0.2, -0.15) is 0 Å². The molecule has 1 aliphatic rings. The van der Waals surface area contributed by atoms with Crippen LogP contribution in [-0.4, -0.2) is 5.16 Å². The summed E-state index contributed by atoms with van der Waals surface area (Å²) in [4.78, 5) is 0. The van der Waals surface area contributed by atoms with E-state index in [1.807, 2.05) is 25.1 Å². The number of aryl methyl sites for hydroxylation is 1. The van der Waals surface area contributed by atoms with Crippen molar-refractivity contribution in [2.24, 2.45) is 5.73 Å². The molecule has 1 aromatic heterocycles. The van der Waals surface area contributed by atoms with Crippen LogP contribution in [0.25, 0.3) is 10.9 Å². The number of benzene rings is 1.